The monoisotopic (exact) mass is 846 g/mol. The summed E-state index contributed by atoms with van der Waals surface area (Å²) >= 11 is 2.91. The minimum absolute atomic E-state index is 0.294. The highest BCUT2D eigenvalue weighted by Crippen LogP contribution is 2.36. The Bertz CT molecular complexity index is 2410. The second-order valence-electron chi connectivity index (χ2n) is 14.1. The lowest BCUT2D eigenvalue weighted by atomic mass is 10.0. The highest BCUT2D eigenvalue weighted by molar-refractivity contribution is 7.30. The van der Waals surface area contributed by atoms with E-state index in [1.807, 2.05) is 24.3 Å². The summed E-state index contributed by atoms with van der Waals surface area (Å²) < 4.78 is 11.4. The number of anilines is 2. The van der Waals surface area contributed by atoms with Crippen LogP contribution in [0, 0.1) is 11.8 Å². The van der Waals surface area contributed by atoms with Gasteiger partial charge in [0.2, 0.25) is 11.8 Å². The van der Waals surface area contributed by atoms with Crippen molar-refractivity contribution in [1.82, 2.24) is 20.4 Å². The summed E-state index contributed by atoms with van der Waals surface area (Å²) in [5, 5.41) is 11.8. The highest BCUT2D eigenvalue weighted by Gasteiger charge is 2.40. The molecule has 6 amide bonds. The van der Waals surface area contributed by atoms with Gasteiger partial charge in [0.15, 0.2) is 0 Å². The van der Waals surface area contributed by atoms with Gasteiger partial charge in [-0.15, -0.1) is 22.7 Å². The number of nitrogens with one attached hydrogen (secondary N) is 4. The largest absolute Gasteiger partial charge is 0.453 e. The summed E-state index contributed by atoms with van der Waals surface area (Å²) in [6, 6.07) is 25.3. The highest BCUT2D eigenvalue weighted by atomic mass is 32.1. The van der Waals surface area contributed by atoms with E-state index in [0.717, 1.165) is 19.8 Å². The maximum Gasteiger partial charge on any atom is 0.407 e. The van der Waals surface area contributed by atoms with Gasteiger partial charge in [-0.05, 0) is 73.2 Å². The third kappa shape index (κ3) is 9.60. The Morgan fingerprint density at radius 2 is 1.13 bits per heavy atom. The quantitative estimate of drug-likeness (QED) is 0.117. The third-order valence-electron chi connectivity index (χ3n) is 10.3. The number of alkyl carbamates (subject to hydrolysis) is 2. The fourth-order valence-corrected chi connectivity index (χ4v) is 9.47. The average Bonchev–Trinajstić information content (AvgIpc) is 4.10. The first-order valence-electron chi connectivity index (χ1n) is 19.3. The second-order valence-corrected chi connectivity index (χ2v) is 16.3. The first-order chi connectivity index (χ1) is 29.1. The third-order valence-corrected chi connectivity index (χ3v) is 12.4. The smallest absolute Gasteiger partial charge is 0.407 e. The Morgan fingerprint density at radius 1 is 0.633 bits per heavy atom. The van der Waals surface area contributed by atoms with Crippen LogP contribution >= 0.6 is 22.7 Å². The maximum absolute atomic E-state index is 13.7. The number of hydrogen-bond acceptors (Lipinski definition) is 10. The van der Waals surface area contributed by atoms with Crippen LogP contribution in [0.5, 0.6) is 0 Å². The van der Waals surface area contributed by atoms with Gasteiger partial charge >= 0.3 is 12.2 Å². The van der Waals surface area contributed by atoms with E-state index in [1.165, 1.54) is 46.7 Å². The van der Waals surface area contributed by atoms with E-state index in [2.05, 4.69) is 33.1 Å². The molecule has 308 valence electrons. The minimum atomic E-state index is -1.00. The molecule has 4 atom stereocenters. The molecular weight excluding hydrogens is 805 g/mol. The van der Waals surface area contributed by atoms with Crippen molar-refractivity contribution in [3.05, 3.63) is 119 Å². The van der Waals surface area contributed by atoms with Gasteiger partial charge in [-0.1, -0.05) is 72.5 Å². The molecule has 16 heteroatoms. The first-order valence-corrected chi connectivity index (χ1v) is 20.9. The van der Waals surface area contributed by atoms with E-state index in [9.17, 15) is 28.8 Å². The van der Waals surface area contributed by atoms with Crippen molar-refractivity contribution in [1.29, 1.82) is 0 Å². The molecule has 5 aromatic rings. The molecular formula is C44H42N6O8S2. The van der Waals surface area contributed by atoms with Crippen LogP contribution in [0.3, 0.4) is 0 Å². The van der Waals surface area contributed by atoms with Crippen LogP contribution < -0.4 is 21.3 Å². The van der Waals surface area contributed by atoms with Crippen molar-refractivity contribution in [2.45, 2.75) is 49.9 Å². The normalized spacial score (nSPS) is 16.8. The average molecular weight is 847 g/mol. The summed E-state index contributed by atoms with van der Waals surface area (Å²) in [5.41, 5.74) is 2.47. The molecule has 0 saturated carbocycles. The van der Waals surface area contributed by atoms with Crippen molar-refractivity contribution in [2.75, 3.05) is 37.9 Å². The van der Waals surface area contributed by atoms with E-state index in [0.29, 0.717) is 60.6 Å². The van der Waals surface area contributed by atoms with Crippen LogP contribution in [0.4, 0.5) is 20.3 Å². The number of benzene rings is 3. The fraction of sp³-hybridized carbons (Fsp3) is 0.273. The SMILES string of the molecule is COC(=O)N[C@@H](C(=O)N1CCC[C@H]1C(=O)Nc1ccc(C#Cc2cc3sc(NC(=O)[C@@H]4CCCN4C(=O)[C@H](NC(=O)OC)c4ccccc4)cc3s2)cc1)c1ccccc1. The number of nitrogens with zero attached hydrogens (tertiary/aromatic N) is 2. The molecule has 0 radical (unpaired) electrons. The molecule has 0 bridgehead atoms. The van der Waals surface area contributed by atoms with Crippen LogP contribution in [0.15, 0.2) is 97.1 Å². The predicted molar refractivity (Wildman–Crippen MR) is 228 cm³/mol. The van der Waals surface area contributed by atoms with Crippen LogP contribution in [-0.2, 0) is 28.7 Å². The van der Waals surface area contributed by atoms with Gasteiger partial charge in [0.1, 0.15) is 24.2 Å². The van der Waals surface area contributed by atoms with Crippen LogP contribution in [0.2, 0.25) is 0 Å². The number of rotatable bonds is 10. The van der Waals surface area contributed by atoms with Crippen molar-refractivity contribution >= 4 is 78.6 Å². The van der Waals surface area contributed by atoms with Gasteiger partial charge in [0, 0.05) is 33.7 Å². The molecule has 2 aliphatic rings. The molecule has 0 spiro atoms. The zero-order chi connectivity index (χ0) is 42.2. The Kier molecular flexibility index (Phi) is 13.1. The van der Waals surface area contributed by atoms with Crippen molar-refractivity contribution in [2.24, 2.45) is 0 Å². The van der Waals surface area contributed by atoms with E-state index >= 15 is 0 Å². The number of fused-ring (bicyclic) bond motifs is 1. The number of likely N-dealkylation sites (tertiary alicyclic amines) is 2. The Balaban J connectivity index is 0.949. The van der Waals surface area contributed by atoms with Gasteiger partial charge in [-0.25, -0.2) is 9.59 Å². The topological polar surface area (TPSA) is 175 Å². The van der Waals surface area contributed by atoms with Gasteiger partial charge in [-0.3, -0.25) is 19.2 Å². The standard InChI is InChI=1S/C44H42N6O8S2/c1-57-43(55)47-37(28-11-5-3-6-12-28)41(53)49-23-9-15-32(49)39(51)45-30-20-17-27(18-21-30)19-22-31-25-34-35(59-31)26-36(60-34)46-40(52)33-16-10-24-50(33)42(54)38(48-44(56)58-2)29-13-7-4-8-14-29/h3-8,11-14,17-18,20-21,25-26,32-33,37-38H,9-10,15-16,23-24H2,1-2H3,(H,45,51)(H,46,52)(H,47,55)(H,48,56)/t32-,33-,37+,38+/m0/s1. The number of methoxy groups -OCH3 is 2. The Hall–Kier alpha value is -6.70. The number of thiophene rings is 2. The summed E-state index contributed by atoms with van der Waals surface area (Å²) in [5.74, 6) is 4.98. The molecule has 2 fully saturated rings. The molecule has 4 N–H and O–H groups in total. The molecule has 14 nitrogen and oxygen atoms in total. The minimum Gasteiger partial charge on any atom is -0.453 e. The number of hydrogen-bond donors (Lipinski definition) is 4. The van der Waals surface area contributed by atoms with E-state index in [4.69, 9.17) is 9.47 Å². The second kappa shape index (κ2) is 18.9. The summed E-state index contributed by atoms with van der Waals surface area (Å²) in [4.78, 5) is 82.5. The van der Waals surface area contributed by atoms with E-state index < -0.39 is 42.3 Å². The molecule has 60 heavy (non-hydrogen) atoms. The Labute approximate surface area is 354 Å². The Morgan fingerprint density at radius 3 is 1.63 bits per heavy atom. The van der Waals surface area contributed by atoms with Crippen LogP contribution in [-0.4, -0.2) is 85.0 Å². The summed E-state index contributed by atoms with van der Waals surface area (Å²) in [6.07, 6.45) is 0.792. The van der Waals surface area contributed by atoms with E-state index in [1.54, 1.807) is 72.8 Å². The molecule has 0 aliphatic carbocycles. The maximum atomic E-state index is 13.7. The number of amides is 6. The molecule has 4 heterocycles. The van der Waals surface area contributed by atoms with Gasteiger partial charge in [-0.2, -0.15) is 0 Å². The van der Waals surface area contributed by atoms with Crippen molar-refractivity contribution < 1.29 is 38.2 Å². The summed E-state index contributed by atoms with van der Waals surface area (Å²) in [7, 11) is 2.46. The zero-order valence-electron chi connectivity index (χ0n) is 32.8. The lowest BCUT2D eigenvalue weighted by molar-refractivity contribution is -0.138. The predicted octanol–water partition coefficient (Wildman–Crippen LogP) is 6.42. The molecule has 2 saturated heterocycles. The van der Waals surface area contributed by atoms with Crippen molar-refractivity contribution in [3.8, 4) is 11.8 Å². The van der Waals surface area contributed by atoms with Crippen LogP contribution in [0.1, 0.15) is 59.3 Å². The first kappa shape index (κ1) is 41.5. The lowest BCUT2D eigenvalue weighted by Gasteiger charge is -2.28. The molecule has 3 aromatic carbocycles. The molecule has 0 unspecified atom stereocenters. The van der Waals surface area contributed by atoms with Crippen molar-refractivity contribution in [3.63, 3.8) is 0 Å². The van der Waals surface area contributed by atoms with E-state index in [-0.39, 0.29) is 17.7 Å². The summed E-state index contributed by atoms with van der Waals surface area (Å²) in [6.45, 7) is 0.766. The number of carbonyl (C=O) groups is 6. The zero-order valence-corrected chi connectivity index (χ0v) is 34.4. The molecule has 2 aliphatic heterocycles. The van der Waals surface area contributed by atoms with Gasteiger partial charge in [0.25, 0.3) is 11.8 Å². The van der Waals surface area contributed by atoms with Gasteiger partial charge < -0.3 is 40.5 Å². The van der Waals surface area contributed by atoms with Gasteiger partial charge in [0.05, 0.1) is 24.1 Å². The number of carbonyl (C=O) groups excluding carboxylic acids is 6. The number of ether oxygens (including phenoxy) is 2. The molecule has 7 rings (SSSR count). The fourth-order valence-electron chi connectivity index (χ4n) is 7.32. The molecule has 2 aromatic heterocycles. The lowest BCUT2D eigenvalue weighted by Crippen LogP contribution is -2.48. The van der Waals surface area contributed by atoms with Crippen LogP contribution in [0.25, 0.3) is 9.40 Å².